The lowest BCUT2D eigenvalue weighted by molar-refractivity contribution is 0.706. The molecule has 4 heteroatoms. The SMILES string of the molecule is N#CCCNCc1sc2ccccc2c1Cl. The van der Waals surface area contributed by atoms with E-state index in [9.17, 15) is 0 Å². The van der Waals surface area contributed by atoms with Gasteiger partial charge in [-0.25, -0.2) is 0 Å². The quantitative estimate of drug-likeness (QED) is 0.843. The summed E-state index contributed by atoms with van der Waals surface area (Å²) in [5.41, 5.74) is 0. The number of nitrogens with one attached hydrogen (secondary N) is 1. The van der Waals surface area contributed by atoms with E-state index in [2.05, 4.69) is 17.5 Å². The number of nitrogens with zero attached hydrogens (tertiary/aromatic N) is 1. The maximum Gasteiger partial charge on any atom is 0.0636 e. The first-order valence-corrected chi connectivity index (χ1v) is 6.26. The van der Waals surface area contributed by atoms with Gasteiger partial charge >= 0.3 is 0 Å². The molecule has 2 aromatic rings. The van der Waals surface area contributed by atoms with Gasteiger partial charge in [-0.2, -0.15) is 5.26 Å². The van der Waals surface area contributed by atoms with E-state index in [1.54, 1.807) is 11.3 Å². The Morgan fingerprint density at radius 1 is 1.38 bits per heavy atom. The highest BCUT2D eigenvalue weighted by Crippen LogP contribution is 2.34. The fourth-order valence-electron chi connectivity index (χ4n) is 1.52. The van der Waals surface area contributed by atoms with Crippen LogP contribution in [0.1, 0.15) is 11.3 Å². The van der Waals surface area contributed by atoms with Crippen molar-refractivity contribution in [1.29, 1.82) is 5.26 Å². The minimum Gasteiger partial charge on any atom is -0.311 e. The molecule has 1 N–H and O–H groups in total. The smallest absolute Gasteiger partial charge is 0.0636 e. The fourth-order valence-corrected chi connectivity index (χ4v) is 2.99. The van der Waals surface area contributed by atoms with Gasteiger partial charge in [0.1, 0.15) is 0 Å². The zero-order chi connectivity index (χ0) is 11.4. The topological polar surface area (TPSA) is 35.8 Å². The van der Waals surface area contributed by atoms with Crippen LogP contribution in [0.4, 0.5) is 0 Å². The summed E-state index contributed by atoms with van der Waals surface area (Å²) in [5, 5.41) is 13.6. The van der Waals surface area contributed by atoms with Crippen LogP contribution in [-0.2, 0) is 6.54 Å². The molecule has 16 heavy (non-hydrogen) atoms. The molecular formula is C12H11ClN2S. The molecule has 1 heterocycles. The second-order valence-corrected chi connectivity index (χ2v) is 4.93. The van der Waals surface area contributed by atoms with Gasteiger partial charge in [0.2, 0.25) is 0 Å². The van der Waals surface area contributed by atoms with E-state index in [4.69, 9.17) is 16.9 Å². The second kappa shape index (κ2) is 5.31. The number of hydrogen-bond donors (Lipinski definition) is 1. The van der Waals surface area contributed by atoms with Crippen molar-refractivity contribution in [2.75, 3.05) is 6.54 Å². The molecule has 0 amide bonds. The maximum atomic E-state index is 8.42. The standard InChI is InChI=1S/C12H11ClN2S/c13-12-9-4-1-2-5-10(9)16-11(12)8-15-7-3-6-14/h1-2,4-5,15H,3,7-8H2. The third-order valence-electron chi connectivity index (χ3n) is 2.30. The number of hydrogen-bond acceptors (Lipinski definition) is 3. The Labute approximate surface area is 103 Å². The molecule has 2 nitrogen and oxygen atoms in total. The summed E-state index contributed by atoms with van der Waals surface area (Å²) in [7, 11) is 0. The number of halogens is 1. The average Bonchev–Trinajstić information content (AvgIpc) is 2.63. The molecule has 1 aromatic carbocycles. The Morgan fingerprint density at radius 2 is 2.19 bits per heavy atom. The normalized spacial score (nSPS) is 10.5. The Kier molecular flexibility index (Phi) is 3.79. The number of nitriles is 1. The molecule has 0 atom stereocenters. The van der Waals surface area contributed by atoms with Crippen molar-refractivity contribution in [2.45, 2.75) is 13.0 Å². The molecular weight excluding hydrogens is 240 g/mol. The van der Waals surface area contributed by atoms with Gasteiger partial charge in [0.25, 0.3) is 0 Å². The predicted molar refractivity (Wildman–Crippen MR) is 68.8 cm³/mol. The van der Waals surface area contributed by atoms with Crippen LogP contribution in [0, 0.1) is 11.3 Å². The summed E-state index contributed by atoms with van der Waals surface area (Å²) in [6.45, 7) is 1.45. The van der Waals surface area contributed by atoms with Crippen LogP contribution < -0.4 is 5.32 Å². The zero-order valence-electron chi connectivity index (χ0n) is 8.66. The molecule has 82 valence electrons. The molecule has 0 fully saturated rings. The lowest BCUT2D eigenvalue weighted by atomic mass is 10.2. The molecule has 0 spiro atoms. The summed E-state index contributed by atoms with van der Waals surface area (Å²) >= 11 is 7.98. The molecule has 2 rings (SSSR count). The van der Waals surface area contributed by atoms with E-state index in [-0.39, 0.29) is 0 Å². The van der Waals surface area contributed by atoms with Crippen LogP contribution in [-0.4, -0.2) is 6.54 Å². The van der Waals surface area contributed by atoms with Gasteiger partial charge in [-0.1, -0.05) is 29.8 Å². The summed E-state index contributed by atoms with van der Waals surface area (Å²) in [5.74, 6) is 0. The molecule has 0 aliphatic rings. The summed E-state index contributed by atoms with van der Waals surface area (Å²) in [6.07, 6.45) is 0.530. The third-order valence-corrected chi connectivity index (χ3v) is 4.02. The van der Waals surface area contributed by atoms with Crippen LogP contribution in [0.15, 0.2) is 24.3 Å². The van der Waals surface area contributed by atoms with E-state index >= 15 is 0 Å². The van der Waals surface area contributed by atoms with E-state index in [1.807, 2.05) is 18.2 Å². The Hall–Kier alpha value is -1.08. The largest absolute Gasteiger partial charge is 0.311 e. The van der Waals surface area contributed by atoms with E-state index in [0.717, 1.165) is 21.8 Å². The van der Waals surface area contributed by atoms with Crippen molar-refractivity contribution in [1.82, 2.24) is 5.32 Å². The van der Waals surface area contributed by atoms with Crippen LogP contribution in [0.5, 0.6) is 0 Å². The number of thiophene rings is 1. The minimum absolute atomic E-state index is 0.530. The Morgan fingerprint density at radius 3 is 2.94 bits per heavy atom. The fraction of sp³-hybridized carbons (Fsp3) is 0.250. The van der Waals surface area contributed by atoms with Gasteiger partial charge < -0.3 is 5.32 Å². The van der Waals surface area contributed by atoms with Gasteiger partial charge in [0, 0.05) is 34.5 Å². The molecule has 0 saturated heterocycles. The maximum absolute atomic E-state index is 8.42. The molecule has 0 saturated carbocycles. The minimum atomic E-state index is 0.530. The van der Waals surface area contributed by atoms with Crippen molar-refractivity contribution < 1.29 is 0 Å². The highest BCUT2D eigenvalue weighted by Gasteiger charge is 2.08. The van der Waals surface area contributed by atoms with Gasteiger partial charge in [-0.05, 0) is 6.07 Å². The zero-order valence-corrected chi connectivity index (χ0v) is 10.2. The van der Waals surface area contributed by atoms with Gasteiger partial charge in [0.05, 0.1) is 11.1 Å². The van der Waals surface area contributed by atoms with E-state index in [1.165, 1.54) is 4.70 Å². The van der Waals surface area contributed by atoms with Crippen LogP contribution in [0.2, 0.25) is 5.02 Å². The number of rotatable bonds is 4. The molecule has 0 aliphatic heterocycles. The highest BCUT2D eigenvalue weighted by atomic mass is 35.5. The van der Waals surface area contributed by atoms with Crippen molar-refractivity contribution >= 4 is 33.0 Å². The van der Waals surface area contributed by atoms with Crippen LogP contribution >= 0.6 is 22.9 Å². The number of fused-ring (bicyclic) bond motifs is 1. The monoisotopic (exact) mass is 250 g/mol. The molecule has 0 aliphatic carbocycles. The first-order valence-electron chi connectivity index (χ1n) is 5.06. The molecule has 1 aromatic heterocycles. The second-order valence-electron chi connectivity index (χ2n) is 3.42. The van der Waals surface area contributed by atoms with Crippen molar-refractivity contribution in [3.05, 3.63) is 34.2 Å². The van der Waals surface area contributed by atoms with Crippen molar-refractivity contribution in [3.63, 3.8) is 0 Å². The average molecular weight is 251 g/mol. The Balaban J connectivity index is 2.13. The third kappa shape index (κ3) is 2.35. The first-order chi connectivity index (χ1) is 7.83. The lowest BCUT2D eigenvalue weighted by Gasteiger charge is -1.99. The highest BCUT2D eigenvalue weighted by molar-refractivity contribution is 7.19. The van der Waals surface area contributed by atoms with Crippen LogP contribution in [0.25, 0.3) is 10.1 Å². The summed E-state index contributed by atoms with van der Waals surface area (Å²) in [6, 6.07) is 10.2. The van der Waals surface area contributed by atoms with E-state index in [0.29, 0.717) is 13.0 Å². The van der Waals surface area contributed by atoms with E-state index < -0.39 is 0 Å². The Bertz CT molecular complexity index is 527. The molecule has 0 radical (unpaired) electrons. The van der Waals surface area contributed by atoms with Crippen molar-refractivity contribution in [3.8, 4) is 6.07 Å². The predicted octanol–water partition coefficient (Wildman–Crippen LogP) is 3.56. The first kappa shape index (κ1) is 11.4. The molecule has 0 bridgehead atoms. The number of benzene rings is 1. The van der Waals surface area contributed by atoms with Gasteiger partial charge in [0.15, 0.2) is 0 Å². The van der Waals surface area contributed by atoms with Crippen molar-refractivity contribution in [2.24, 2.45) is 0 Å². The summed E-state index contributed by atoms with van der Waals surface area (Å²) in [4.78, 5) is 1.14. The van der Waals surface area contributed by atoms with Crippen LogP contribution in [0.3, 0.4) is 0 Å². The summed E-state index contributed by atoms with van der Waals surface area (Å²) < 4.78 is 1.21. The van der Waals surface area contributed by atoms with Gasteiger partial charge in [-0.15, -0.1) is 11.3 Å². The van der Waals surface area contributed by atoms with Gasteiger partial charge in [-0.3, -0.25) is 0 Å². The lowest BCUT2D eigenvalue weighted by Crippen LogP contribution is -2.13. The molecule has 0 unspecified atom stereocenters.